The number of carbonyl (C=O) groups is 1. The van der Waals surface area contributed by atoms with Gasteiger partial charge in [0.05, 0.1) is 16.2 Å². The van der Waals surface area contributed by atoms with Crippen LogP contribution in [0.1, 0.15) is 12.0 Å². The number of non-ortho nitro benzene ring substituents is 1. The summed E-state index contributed by atoms with van der Waals surface area (Å²) in [7, 11) is -3.96. The van der Waals surface area contributed by atoms with E-state index in [9.17, 15) is 23.3 Å². The van der Waals surface area contributed by atoms with E-state index in [-0.39, 0.29) is 23.5 Å². The number of nitro groups is 1. The summed E-state index contributed by atoms with van der Waals surface area (Å²) < 4.78 is 25.8. The molecule has 9 heteroatoms. The van der Waals surface area contributed by atoms with E-state index < -0.39 is 20.9 Å². The van der Waals surface area contributed by atoms with Crippen LogP contribution in [-0.2, 0) is 14.8 Å². The van der Waals surface area contributed by atoms with Crippen molar-refractivity contribution in [3.63, 3.8) is 0 Å². The molecule has 19 heavy (non-hydrogen) atoms. The van der Waals surface area contributed by atoms with Crippen molar-refractivity contribution in [1.29, 1.82) is 0 Å². The molecule has 2 N–H and O–H groups in total. The predicted molar refractivity (Wildman–Crippen MR) is 65.3 cm³/mol. The summed E-state index contributed by atoms with van der Waals surface area (Å²) in [6.07, 6.45) is -0.368. The van der Waals surface area contributed by atoms with E-state index in [4.69, 9.17) is 5.11 Å². The Labute approximate surface area is 109 Å². The SMILES string of the molecule is Cc1ccc([N+](=O)[O-])cc1S(=O)(=O)NCCC(=O)O. The zero-order valence-electron chi connectivity index (χ0n) is 9.99. The van der Waals surface area contributed by atoms with Crippen LogP contribution in [0.25, 0.3) is 0 Å². The van der Waals surface area contributed by atoms with Gasteiger partial charge in [0.15, 0.2) is 0 Å². The first-order valence-corrected chi connectivity index (χ1v) is 6.69. The topological polar surface area (TPSA) is 127 Å². The van der Waals surface area contributed by atoms with Crippen molar-refractivity contribution in [3.8, 4) is 0 Å². The number of hydrogen-bond acceptors (Lipinski definition) is 5. The quantitative estimate of drug-likeness (QED) is 0.584. The number of rotatable bonds is 6. The summed E-state index contributed by atoms with van der Waals surface area (Å²) in [6.45, 7) is 1.22. The predicted octanol–water partition coefficient (Wildman–Crippen LogP) is 0.656. The molecule has 104 valence electrons. The van der Waals surface area contributed by atoms with Gasteiger partial charge in [-0.3, -0.25) is 14.9 Å². The molecule has 0 saturated carbocycles. The van der Waals surface area contributed by atoms with Crippen LogP contribution >= 0.6 is 0 Å². The van der Waals surface area contributed by atoms with E-state index >= 15 is 0 Å². The Morgan fingerprint density at radius 1 is 1.47 bits per heavy atom. The summed E-state index contributed by atoms with van der Waals surface area (Å²) in [5.74, 6) is -1.14. The maximum atomic E-state index is 11.9. The van der Waals surface area contributed by atoms with Gasteiger partial charge >= 0.3 is 5.97 Å². The number of carboxylic acid groups (broad SMARTS) is 1. The van der Waals surface area contributed by atoms with Crippen molar-refractivity contribution in [2.75, 3.05) is 6.54 Å². The molecule has 1 rings (SSSR count). The first-order valence-electron chi connectivity index (χ1n) is 5.20. The highest BCUT2D eigenvalue weighted by atomic mass is 32.2. The van der Waals surface area contributed by atoms with Gasteiger partial charge in [0, 0.05) is 18.7 Å². The lowest BCUT2D eigenvalue weighted by Gasteiger charge is -2.08. The Bertz CT molecular complexity index is 610. The third-order valence-corrected chi connectivity index (χ3v) is 3.91. The van der Waals surface area contributed by atoms with Crippen LogP contribution in [0.15, 0.2) is 23.1 Å². The number of aryl methyl sites for hydroxylation is 1. The molecule has 0 aliphatic carbocycles. The molecule has 0 atom stereocenters. The molecule has 0 aliphatic rings. The lowest BCUT2D eigenvalue weighted by molar-refractivity contribution is -0.385. The Hall–Kier alpha value is -2.00. The van der Waals surface area contributed by atoms with Crippen molar-refractivity contribution in [3.05, 3.63) is 33.9 Å². The maximum absolute atomic E-state index is 11.9. The molecule has 0 aromatic heterocycles. The Kier molecular flexibility index (Phi) is 4.57. The minimum absolute atomic E-state index is 0.230. The summed E-state index contributed by atoms with van der Waals surface area (Å²) in [5, 5.41) is 19.0. The fraction of sp³-hybridized carbons (Fsp3) is 0.300. The van der Waals surface area contributed by atoms with E-state index in [0.717, 1.165) is 6.07 Å². The van der Waals surface area contributed by atoms with Crippen molar-refractivity contribution in [2.24, 2.45) is 0 Å². The maximum Gasteiger partial charge on any atom is 0.304 e. The largest absolute Gasteiger partial charge is 0.481 e. The van der Waals surface area contributed by atoms with Crippen LogP contribution in [0.2, 0.25) is 0 Å². The second kappa shape index (κ2) is 5.76. The van der Waals surface area contributed by atoms with Crippen LogP contribution in [0, 0.1) is 17.0 Å². The fourth-order valence-corrected chi connectivity index (χ4v) is 2.66. The molecule has 0 aliphatic heterocycles. The number of nitro benzene ring substituents is 1. The van der Waals surface area contributed by atoms with Crippen LogP contribution in [-0.4, -0.2) is 31.0 Å². The van der Waals surface area contributed by atoms with Gasteiger partial charge < -0.3 is 5.11 Å². The van der Waals surface area contributed by atoms with Gasteiger partial charge in [-0.1, -0.05) is 6.07 Å². The van der Waals surface area contributed by atoms with Crippen LogP contribution < -0.4 is 4.72 Å². The molecular weight excluding hydrogens is 276 g/mol. The Balaban J connectivity index is 3.03. The average molecular weight is 288 g/mol. The van der Waals surface area contributed by atoms with Crippen LogP contribution in [0.5, 0.6) is 0 Å². The highest BCUT2D eigenvalue weighted by Crippen LogP contribution is 2.21. The highest BCUT2D eigenvalue weighted by Gasteiger charge is 2.20. The van der Waals surface area contributed by atoms with Crippen molar-refractivity contribution >= 4 is 21.7 Å². The first-order chi connectivity index (χ1) is 8.74. The second-order valence-corrected chi connectivity index (χ2v) is 5.48. The average Bonchev–Trinajstić information content (AvgIpc) is 2.28. The molecule has 0 radical (unpaired) electrons. The van der Waals surface area contributed by atoms with Crippen molar-refractivity contribution in [2.45, 2.75) is 18.2 Å². The van der Waals surface area contributed by atoms with Gasteiger partial charge in [0.2, 0.25) is 10.0 Å². The zero-order valence-corrected chi connectivity index (χ0v) is 10.8. The minimum atomic E-state index is -3.96. The number of sulfonamides is 1. The van der Waals surface area contributed by atoms with Crippen molar-refractivity contribution < 1.29 is 23.2 Å². The third kappa shape index (κ3) is 4.00. The lowest BCUT2D eigenvalue weighted by atomic mass is 10.2. The fourth-order valence-electron chi connectivity index (χ4n) is 1.36. The molecule has 0 amide bonds. The molecule has 1 aromatic rings. The standard InChI is InChI=1S/C10H12N2O6S/c1-7-2-3-8(12(15)16)6-9(7)19(17,18)11-5-4-10(13)14/h2-3,6,11H,4-5H2,1H3,(H,13,14). The second-order valence-electron chi connectivity index (χ2n) is 3.75. The first kappa shape index (κ1) is 15.1. The Morgan fingerprint density at radius 2 is 2.11 bits per heavy atom. The molecule has 1 aromatic carbocycles. The number of nitrogens with zero attached hydrogens (tertiary/aromatic N) is 1. The molecule has 0 bridgehead atoms. The van der Waals surface area contributed by atoms with Gasteiger partial charge in [-0.15, -0.1) is 0 Å². The molecule has 0 spiro atoms. The zero-order chi connectivity index (χ0) is 14.6. The van der Waals surface area contributed by atoms with E-state index in [0.29, 0.717) is 5.56 Å². The number of hydrogen-bond donors (Lipinski definition) is 2. The molecule has 0 fully saturated rings. The van der Waals surface area contributed by atoms with Crippen LogP contribution in [0.4, 0.5) is 5.69 Å². The van der Waals surface area contributed by atoms with Crippen LogP contribution in [0.3, 0.4) is 0 Å². The smallest absolute Gasteiger partial charge is 0.304 e. The monoisotopic (exact) mass is 288 g/mol. The molecule has 8 nitrogen and oxygen atoms in total. The van der Waals surface area contributed by atoms with Gasteiger partial charge in [0.1, 0.15) is 0 Å². The minimum Gasteiger partial charge on any atom is -0.481 e. The summed E-state index contributed by atoms with van der Waals surface area (Å²) in [6, 6.07) is 3.47. The Morgan fingerprint density at radius 3 is 2.63 bits per heavy atom. The number of nitrogens with one attached hydrogen (secondary N) is 1. The van der Waals surface area contributed by atoms with Gasteiger partial charge in [-0.25, -0.2) is 13.1 Å². The third-order valence-electron chi connectivity index (χ3n) is 2.30. The summed E-state index contributed by atoms with van der Waals surface area (Å²) in [5.41, 5.74) is -0.00219. The molecule has 0 saturated heterocycles. The van der Waals surface area contributed by atoms with Crippen molar-refractivity contribution in [1.82, 2.24) is 4.72 Å². The van der Waals surface area contributed by atoms with Gasteiger partial charge in [-0.2, -0.15) is 0 Å². The van der Waals surface area contributed by atoms with E-state index in [1.165, 1.54) is 19.1 Å². The lowest BCUT2D eigenvalue weighted by Crippen LogP contribution is -2.27. The number of carboxylic acids is 1. The molecule has 0 heterocycles. The van der Waals surface area contributed by atoms with E-state index in [1.54, 1.807) is 0 Å². The molecule has 0 unspecified atom stereocenters. The summed E-state index contributed by atoms with van der Waals surface area (Å²) >= 11 is 0. The normalized spacial score (nSPS) is 11.2. The number of aliphatic carboxylic acids is 1. The highest BCUT2D eigenvalue weighted by molar-refractivity contribution is 7.89. The molecular formula is C10H12N2O6S. The van der Waals surface area contributed by atoms with E-state index in [1.807, 2.05) is 0 Å². The van der Waals surface area contributed by atoms with E-state index in [2.05, 4.69) is 4.72 Å². The number of benzene rings is 1. The summed E-state index contributed by atoms with van der Waals surface area (Å²) in [4.78, 5) is 20.0. The van der Waals surface area contributed by atoms with Gasteiger partial charge in [0.25, 0.3) is 5.69 Å². The van der Waals surface area contributed by atoms with Gasteiger partial charge in [-0.05, 0) is 12.5 Å².